The Morgan fingerprint density at radius 2 is 1.68 bits per heavy atom. The van der Waals surface area contributed by atoms with Gasteiger partial charge in [0.15, 0.2) is 6.29 Å². The molecule has 3 aliphatic heterocycles. The normalized spacial score (nSPS) is 35.0. The van der Waals surface area contributed by atoms with Crippen LogP contribution in [0.3, 0.4) is 0 Å². The van der Waals surface area contributed by atoms with Gasteiger partial charge in [-0.05, 0) is 41.7 Å². The topological polar surface area (TPSA) is 136 Å². The molecule has 0 aromatic heterocycles. The maximum atomic E-state index is 10.9. The summed E-state index contributed by atoms with van der Waals surface area (Å²) >= 11 is 0. The molecular formula is C27H34N6O5. The lowest BCUT2D eigenvalue weighted by Gasteiger charge is -2.44. The first kappa shape index (κ1) is 25.6. The molecule has 3 aromatic carbocycles. The Labute approximate surface area is 220 Å². The minimum absolute atomic E-state index is 0.369. The van der Waals surface area contributed by atoms with Gasteiger partial charge in [0.25, 0.3) is 0 Å². The van der Waals surface area contributed by atoms with Gasteiger partial charge in [0, 0.05) is 5.56 Å². The van der Waals surface area contributed by atoms with E-state index < -0.39 is 43.7 Å². The number of hydrazone groups is 1. The molecular weight excluding hydrogens is 488 g/mol. The summed E-state index contributed by atoms with van der Waals surface area (Å²) in [5.41, 5.74) is 4.20. The van der Waals surface area contributed by atoms with E-state index in [0.29, 0.717) is 6.67 Å². The van der Waals surface area contributed by atoms with E-state index in [1.807, 2.05) is 53.1 Å². The number of hydrogen-bond acceptors (Lipinski definition) is 11. The van der Waals surface area contributed by atoms with Gasteiger partial charge >= 0.3 is 0 Å². The number of benzene rings is 3. The van der Waals surface area contributed by atoms with Crippen molar-refractivity contribution < 1.29 is 25.2 Å². The van der Waals surface area contributed by atoms with Crippen LogP contribution >= 0.6 is 0 Å². The van der Waals surface area contributed by atoms with Crippen molar-refractivity contribution in [3.63, 3.8) is 0 Å². The number of rotatable bonds is 5. The number of hydrogen-bond donors (Lipinski definition) is 6. The monoisotopic (exact) mass is 522 g/mol. The van der Waals surface area contributed by atoms with Crippen LogP contribution in [0.1, 0.15) is 5.56 Å². The fourth-order valence-electron chi connectivity index (χ4n) is 6.16. The first-order valence-electron chi connectivity index (χ1n) is 12.8. The fraction of sp³-hybridized carbons (Fsp3) is 0.444. The molecule has 3 heterocycles. The standard InChI is InChI=1S/C27H34N6O5/c1-31-14-28-24(37)21-25(31)33(26-23(36)22(35)20(13-34)38-26)27(32(21)2)30-29-12-19-17-9-5-3-7-15(17)11-16-8-4-6-10-18(16)19/h3-12,20-28,30,34-37H,13-14H2,1-2H3/b29-12+/t20-,21?,22-,23-,24?,25?,26-,27?/m1/s1. The molecule has 0 aliphatic carbocycles. The first-order chi connectivity index (χ1) is 18.4. The highest BCUT2D eigenvalue weighted by Gasteiger charge is 2.58. The van der Waals surface area contributed by atoms with Crippen molar-refractivity contribution in [2.24, 2.45) is 5.10 Å². The van der Waals surface area contributed by atoms with Crippen LogP contribution in [0.5, 0.6) is 0 Å². The van der Waals surface area contributed by atoms with Gasteiger partial charge in [-0.3, -0.25) is 20.5 Å². The quantitative estimate of drug-likeness (QED) is 0.146. The molecule has 3 saturated heterocycles. The summed E-state index contributed by atoms with van der Waals surface area (Å²) in [6.45, 7) is -0.00359. The molecule has 38 heavy (non-hydrogen) atoms. The maximum absolute atomic E-state index is 10.9. The predicted molar refractivity (Wildman–Crippen MR) is 143 cm³/mol. The van der Waals surface area contributed by atoms with Crippen LogP contribution in [0.15, 0.2) is 59.7 Å². The van der Waals surface area contributed by atoms with E-state index in [4.69, 9.17) is 4.74 Å². The van der Waals surface area contributed by atoms with Crippen molar-refractivity contribution in [2.75, 3.05) is 27.4 Å². The average Bonchev–Trinajstić information content (AvgIpc) is 3.38. The van der Waals surface area contributed by atoms with Crippen molar-refractivity contribution >= 4 is 27.8 Å². The molecule has 0 amide bonds. The summed E-state index contributed by atoms with van der Waals surface area (Å²) in [7, 11) is 3.77. The van der Waals surface area contributed by atoms with Crippen LogP contribution in [0.25, 0.3) is 21.5 Å². The molecule has 0 saturated carbocycles. The summed E-state index contributed by atoms with van der Waals surface area (Å²) in [5.74, 6) is 0. The SMILES string of the molecule is CN1CNC(O)C2C1N([C@@H]1O[C@H](CO)[C@@H](O)[C@H]1O)C(N/N=C/c1c3ccccc3cc3ccccc13)N2C. The Bertz CT molecular complexity index is 1290. The van der Waals surface area contributed by atoms with Gasteiger partial charge in [0.2, 0.25) is 0 Å². The highest BCUT2D eigenvalue weighted by atomic mass is 16.6. The molecule has 0 radical (unpaired) electrons. The lowest BCUT2D eigenvalue weighted by Crippen LogP contribution is -2.66. The van der Waals surface area contributed by atoms with Crippen molar-refractivity contribution in [3.05, 3.63) is 60.2 Å². The molecule has 6 N–H and O–H groups in total. The smallest absolute Gasteiger partial charge is 0.156 e. The summed E-state index contributed by atoms with van der Waals surface area (Å²) in [6, 6.07) is 18.1. The molecule has 0 bridgehead atoms. The van der Waals surface area contributed by atoms with Crippen LogP contribution in [-0.2, 0) is 4.74 Å². The molecule has 3 aliphatic rings. The molecule has 6 rings (SSSR count). The molecule has 4 unspecified atom stereocenters. The van der Waals surface area contributed by atoms with Crippen LogP contribution in [0.4, 0.5) is 0 Å². The summed E-state index contributed by atoms with van der Waals surface area (Å²) in [6.07, 6.45) is -4.34. The first-order valence-corrected chi connectivity index (χ1v) is 12.8. The third-order valence-corrected chi connectivity index (χ3v) is 8.08. The predicted octanol–water partition coefficient (Wildman–Crippen LogP) is -0.608. The maximum Gasteiger partial charge on any atom is 0.156 e. The van der Waals surface area contributed by atoms with Crippen molar-refractivity contribution in [1.29, 1.82) is 0 Å². The van der Waals surface area contributed by atoms with Gasteiger partial charge < -0.3 is 25.2 Å². The highest BCUT2D eigenvalue weighted by Crippen LogP contribution is 2.36. The number of aliphatic hydroxyl groups excluding tert-OH is 4. The van der Waals surface area contributed by atoms with E-state index >= 15 is 0 Å². The van der Waals surface area contributed by atoms with E-state index in [-0.39, 0.29) is 12.2 Å². The van der Waals surface area contributed by atoms with Crippen LogP contribution in [0, 0.1) is 0 Å². The summed E-state index contributed by atoms with van der Waals surface area (Å²) in [4.78, 5) is 5.81. The number of nitrogens with one attached hydrogen (secondary N) is 2. The van der Waals surface area contributed by atoms with E-state index in [2.05, 4.69) is 46.2 Å². The second-order valence-electron chi connectivity index (χ2n) is 10.3. The Morgan fingerprint density at radius 3 is 2.32 bits per heavy atom. The lowest BCUT2D eigenvalue weighted by atomic mass is 9.97. The van der Waals surface area contributed by atoms with Crippen molar-refractivity contribution in [3.8, 4) is 0 Å². The molecule has 11 nitrogen and oxygen atoms in total. The average molecular weight is 523 g/mol. The van der Waals surface area contributed by atoms with Gasteiger partial charge in [-0.1, -0.05) is 48.5 Å². The number of nitrogens with zero attached hydrogens (tertiary/aromatic N) is 4. The minimum atomic E-state index is -1.25. The van der Waals surface area contributed by atoms with Crippen molar-refractivity contribution in [1.82, 2.24) is 25.4 Å². The Hall–Kier alpha value is -2.71. The summed E-state index contributed by atoms with van der Waals surface area (Å²) < 4.78 is 5.94. The molecule has 202 valence electrons. The van der Waals surface area contributed by atoms with Gasteiger partial charge in [-0.15, -0.1) is 0 Å². The van der Waals surface area contributed by atoms with Crippen LogP contribution in [-0.4, -0.2) is 118 Å². The zero-order chi connectivity index (χ0) is 26.6. The van der Waals surface area contributed by atoms with Gasteiger partial charge in [-0.2, -0.15) is 5.10 Å². The van der Waals surface area contributed by atoms with E-state index in [9.17, 15) is 20.4 Å². The van der Waals surface area contributed by atoms with Crippen LogP contribution in [0.2, 0.25) is 0 Å². The second-order valence-corrected chi connectivity index (χ2v) is 10.3. The van der Waals surface area contributed by atoms with Gasteiger partial charge in [0.05, 0.1) is 31.7 Å². The number of likely N-dealkylation sites (N-methyl/N-ethyl adjacent to an activating group) is 2. The van der Waals surface area contributed by atoms with E-state index in [1.54, 1.807) is 6.21 Å². The third kappa shape index (κ3) is 4.08. The zero-order valence-corrected chi connectivity index (χ0v) is 21.3. The van der Waals surface area contributed by atoms with Crippen LogP contribution < -0.4 is 10.7 Å². The number of fused-ring (bicyclic) bond motifs is 3. The number of ether oxygens (including phenoxy) is 1. The highest BCUT2D eigenvalue weighted by molar-refractivity contribution is 6.13. The second kappa shape index (κ2) is 10.1. The Kier molecular flexibility index (Phi) is 6.80. The molecule has 3 fully saturated rings. The Balaban J connectivity index is 1.37. The number of aliphatic hydroxyl groups is 4. The molecule has 0 spiro atoms. The van der Waals surface area contributed by atoms with E-state index in [1.165, 1.54) is 0 Å². The summed E-state index contributed by atoms with van der Waals surface area (Å²) in [5, 5.41) is 54.0. The third-order valence-electron chi connectivity index (χ3n) is 8.08. The Morgan fingerprint density at radius 1 is 1.03 bits per heavy atom. The lowest BCUT2D eigenvalue weighted by molar-refractivity contribution is -0.153. The van der Waals surface area contributed by atoms with E-state index in [0.717, 1.165) is 27.1 Å². The molecule has 11 heteroatoms. The fourth-order valence-corrected chi connectivity index (χ4v) is 6.16. The molecule has 8 atom stereocenters. The molecule has 3 aromatic rings. The zero-order valence-electron chi connectivity index (χ0n) is 21.3. The van der Waals surface area contributed by atoms with Crippen molar-refractivity contribution in [2.45, 2.75) is 49.3 Å². The minimum Gasteiger partial charge on any atom is -0.394 e. The largest absolute Gasteiger partial charge is 0.394 e. The van der Waals surface area contributed by atoms with Gasteiger partial charge in [0.1, 0.15) is 30.8 Å². The van der Waals surface area contributed by atoms with Gasteiger partial charge in [-0.25, -0.2) is 4.90 Å².